The van der Waals surface area contributed by atoms with Crippen LogP contribution in [0.5, 0.6) is 0 Å². The average Bonchev–Trinajstić information content (AvgIpc) is 2.78. The summed E-state index contributed by atoms with van der Waals surface area (Å²) in [4.78, 5) is 16.0. The molecule has 0 aliphatic heterocycles. The maximum Gasteiger partial charge on any atom is 0.205 e. The van der Waals surface area contributed by atoms with Crippen molar-refractivity contribution in [3.05, 3.63) is 52.5 Å². The van der Waals surface area contributed by atoms with Crippen molar-refractivity contribution in [1.29, 1.82) is 0 Å². The summed E-state index contributed by atoms with van der Waals surface area (Å²) >= 11 is 3.34. The predicted octanol–water partition coefficient (Wildman–Crippen LogP) is 2.96. The first-order valence-corrected chi connectivity index (χ1v) is 6.35. The average molecular weight is 306 g/mol. The molecular weight excluding hydrogens is 294 g/mol. The van der Waals surface area contributed by atoms with Crippen molar-refractivity contribution in [3.8, 4) is 0 Å². The second-order valence-electron chi connectivity index (χ2n) is 3.64. The number of ketones is 1. The Hall–Kier alpha value is -1.75. The molecule has 0 N–H and O–H groups in total. The Morgan fingerprint density at radius 3 is 2.83 bits per heavy atom. The molecule has 92 valence electrons. The van der Waals surface area contributed by atoms with Crippen molar-refractivity contribution in [2.24, 2.45) is 0 Å². The summed E-state index contributed by atoms with van der Waals surface area (Å²) in [5.74, 6) is -0.0713. The molecule has 2 heterocycles. The molecule has 0 radical (unpaired) electrons. The first kappa shape index (κ1) is 12.7. The van der Waals surface area contributed by atoms with Crippen LogP contribution in [-0.2, 0) is 6.54 Å². The van der Waals surface area contributed by atoms with Gasteiger partial charge in [0.15, 0.2) is 0 Å². The second-order valence-corrected chi connectivity index (χ2v) is 4.49. The number of hydrogen-bond donors (Lipinski definition) is 0. The quantitative estimate of drug-likeness (QED) is 0.644. The highest BCUT2D eigenvalue weighted by Crippen LogP contribution is 2.17. The number of carbonyl (C=O) groups is 1. The van der Waals surface area contributed by atoms with Gasteiger partial charge in [-0.1, -0.05) is 6.08 Å². The summed E-state index contributed by atoms with van der Waals surface area (Å²) in [5.41, 5.74) is 1.51. The Labute approximate surface area is 113 Å². The van der Waals surface area contributed by atoms with Crippen molar-refractivity contribution >= 4 is 27.8 Å². The highest BCUT2D eigenvalue weighted by Gasteiger charge is 2.13. The van der Waals surface area contributed by atoms with Crippen LogP contribution in [0, 0.1) is 0 Å². The zero-order valence-corrected chi connectivity index (χ0v) is 11.5. The number of rotatable bonds is 4. The summed E-state index contributed by atoms with van der Waals surface area (Å²) in [6, 6.07) is 3.69. The number of halogens is 1. The third kappa shape index (κ3) is 2.73. The normalized spacial score (nSPS) is 11.0. The van der Waals surface area contributed by atoms with E-state index in [1.807, 2.05) is 19.1 Å². The number of carbonyl (C=O) groups excluding carboxylic acids is 1. The highest BCUT2D eigenvalue weighted by molar-refractivity contribution is 9.10. The van der Waals surface area contributed by atoms with E-state index in [1.165, 1.54) is 0 Å². The Kier molecular flexibility index (Phi) is 4.04. The van der Waals surface area contributed by atoms with E-state index < -0.39 is 0 Å². The molecule has 4 nitrogen and oxygen atoms in total. The molecule has 2 rings (SSSR count). The number of aromatic nitrogens is 3. The molecule has 0 aromatic carbocycles. The van der Waals surface area contributed by atoms with E-state index in [0.717, 1.165) is 5.56 Å². The molecule has 0 aliphatic rings. The Morgan fingerprint density at radius 1 is 1.44 bits per heavy atom. The van der Waals surface area contributed by atoms with Gasteiger partial charge < -0.3 is 0 Å². The lowest BCUT2D eigenvalue weighted by atomic mass is 10.2. The standard InChI is InChI=1S/C13H12BrN3O/c1-2-17-13(11(14)9-16-17)12(18)4-3-10-5-7-15-8-6-10/h3-9H,2H2,1H3/b4-3+. The third-order valence-electron chi connectivity index (χ3n) is 2.46. The summed E-state index contributed by atoms with van der Waals surface area (Å²) in [6.07, 6.45) is 8.33. The molecular formula is C13H12BrN3O. The second kappa shape index (κ2) is 5.73. The van der Waals surface area contributed by atoms with Gasteiger partial charge in [0.25, 0.3) is 0 Å². The molecule has 0 aliphatic carbocycles. The van der Waals surface area contributed by atoms with Crippen LogP contribution in [-0.4, -0.2) is 20.5 Å². The molecule has 0 saturated heterocycles. The van der Waals surface area contributed by atoms with Gasteiger partial charge in [-0.25, -0.2) is 0 Å². The van der Waals surface area contributed by atoms with Gasteiger partial charge in [-0.15, -0.1) is 0 Å². The van der Waals surface area contributed by atoms with Crippen LogP contribution in [0.4, 0.5) is 0 Å². The minimum Gasteiger partial charge on any atom is -0.288 e. The van der Waals surface area contributed by atoms with Crippen LogP contribution >= 0.6 is 15.9 Å². The number of aryl methyl sites for hydroxylation is 1. The monoisotopic (exact) mass is 305 g/mol. The van der Waals surface area contributed by atoms with Crippen LogP contribution in [0.25, 0.3) is 6.08 Å². The third-order valence-corrected chi connectivity index (χ3v) is 3.04. The van der Waals surface area contributed by atoms with E-state index in [4.69, 9.17) is 0 Å². The summed E-state index contributed by atoms with van der Waals surface area (Å²) in [5, 5.41) is 4.12. The molecule has 0 fully saturated rings. The maximum absolute atomic E-state index is 12.1. The molecule has 0 amide bonds. The summed E-state index contributed by atoms with van der Waals surface area (Å²) in [6.45, 7) is 2.61. The number of pyridine rings is 1. The maximum atomic E-state index is 12.1. The first-order chi connectivity index (χ1) is 8.72. The van der Waals surface area contributed by atoms with Crippen LogP contribution in [0.3, 0.4) is 0 Å². The minimum absolute atomic E-state index is 0.0713. The van der Waals surface area contributed by atoms with Crippen molar-refractivity contribution in [2.75, 3.05) is 0 Å². The number of allylic oxidation sites excluding steroid dienone is 1. The van der Waals surface area contributed by atoms with Gasteiger partial charge in [-0.05, 0) is 46.6 Å². The predicted molar refractivity (Wildman–Crippen MR) is 73.2 cm³/mol. The van der Waals surface area contributed by atoms with Crippen molar-refractivity contribution in [2.45, 2.75) is 13.5 Å². The fourth-order valence-electron chi connectivity index (χ4n) is 1.57. The Bertz CT molecular complexity index is 575. The summed E-state index contributed by atoms with van der Waals surface area (Å²) < 4.78 is 2.39. The SMILES string of the molecule is CCn1ncc(Br)c1C(=O)/C=C/c1ccncc1. The lowest BCUT2D eigenvalue weighted by Gasteiger charge is -2.01. The van der Waals surface area contributed by atoms with Crippen LogP contribution in [0.2, 0.25) is 0 Å². The van der Waals surface area contributed by atoms with E-state index in [9.17, 15) is 4.79 Å². The molecule has 0 spiro atoms. The van der Waals surface area contributed by atoms with E-state index in [1.54, 1.807) is 35.4 Å². The van der Waals surface area contributed by atoms with Gasteiger partial charge in [0.1, 0.15) is 5.69 Å². The van der Waals surface area contributed by atoms with E-state index in [-0.39, 0.29) is 5.78 Å². The van der Waals surface area contributed by atoms with Crippen LogP contribution in [0.1, 0.15) is 23.0 Å². The summed E-state index contributed by atoms with van der Waals surface area (Å²) in [7, 11) is 0. The molecule has 0 saturated carbocycles. The molecule has 2 aromatic heterocycles. The Morgan fingerprint density at radius 2 is 2.17 bits per heavy atom. The molecule has 0 unspecified atom stereocenters. The fraction of sp³-hybridized carbons (Fsp3) is 0.154. The zero-order chi connectivity index (χ0) is 13.0. The molecule has 18 heavy (non-hydrogen) atoms. The van der Waals surface area contributed by atoms with Gasteiger partial charge in [-0.2, -0.15) is 5.10 Å². The minimum atomic E-state index is -0.0713. The van der Waals surface area contributed by atoms with Gasteiger partial charge in [0, 0.05) is 18.9 Å². The molecule has 0 bridgehead atoms. The largest absolute Gasteiger partial charge is 0.288 e. The highest BCUT2D eigenvalue weighted by atomic mass is 79.9. The molecule has 0 atom stereocenters. The van der Waals surface area contributed by atoms with Crippen molar-refractivity contribution in [1.82, 2.24) is 14.8 Å². The van der Waals surface area contributed by atoms with Crippen LogP contribution in [0.15, 0.2) is 41.3 Å². The lowest BCUT2D eigenvalue weighted by Crippen LogP contribution is -2.07. The fourth-order valence-corrected chi connectivity index (χ4v) is 2.06. The topological polar surface area (TPSA) is 47.8 Å². The Balaban J connectivity index is 2.22. The zero-order valence-electron chi connectivity index (χ0n) is 9.88. The van der Waals surface area contributed by atoms with Gasteiger partial charge in [-0.3, -0.25) is 14.5 Å². The lowest BCUT2D eigenvalue weighted by molar-refractivity contribution is 0.103. The first-order valence-electron chi connectivity index (χ1n) is 5.56. The van der Waals surface area contributed by atoms with E-state index in [2.05, 4.69) is 26.0 Å². The van der Waals surface area contributed by atoms with Gasteiger partial charge >= 0.3 is 0 Å². The smallest absolute Gasteiger partial charge is 0.205 e. The molecule has 2 aromatic rings. The van der Waals surface area contributed by atoms with Crippen molar-refractivity contribution in [3.63, 3.8) is 0 Å². The van der Waals surface area contributed by atoms with Crippen molar-refractivity contribution < 1.29 is 4.79 Å². The number of nitrogens with zero attached hydrogens (tertiary/aromatic N) is 3. The molecule has 5 heteroatoms. The van der Waals surface area contributed by atoms with Gasteiger partial charge in [0.2, 0.25) is 5.78 Å². The van der Waals surface area contributed by atoms with Gasteiger partial charge in [0.05, 0.1) is 10.7 Å². The number of hydrogen-bond acceptors (Lipinski definition) is 3. The van der Waals surface area contributed by atoms with E-state index >= 15 is 0 Å². The van der Waals surface area contributed by atoms with Crippen LogP contribution < -0.4 is 0 Å². The van der Waals surface area contributed by atoms with E-state index in [0.29, 0.717) is 16.7 Å².